The van der Waals surface area contributed by atoms with Crippen molar-refractivity contribution in [3.8, 4) is 0 Å². The van der Waals surface area contributed by atoms with Gasteiger partial charge in [-0.25, -0.2) is 0 Å². The topological polar surface area (TPSA) is 45.6 Å². The first-order valence-corrected chi connectivity index (χ1v) is 4.81. The molecule has 2 heterocycles. The molecule has 0 atom stereocenters. The van der Waals surface area contributed by atoms with E-state index in [0.717, 1.165) is 4.57 Å². The van der Waals surface area contributed by atoms with E-state index in [1.54, 1.807) is 0 Å². The largest absolute Gasteiger partial charge is 0.406 e. The SMILES string of the molecule is FC(F)(F)Cn1c(C2CNC2)n[nH]c1=S. The molecule has 15 heavy (non-hydrogen) atoms. The van der Waals surface area contributed by atoms with Gasteiger partial charge in [0.25, 0.3) is 0 Å². The lowest BCUT2D eigenvalue weighted by atomic mass is 10.0. The summed E-state index contributed by atoms with van der Waals surface area (Å²) in [6.07, 6.45) is -4.27. The summed E-state index contributed by atoms with van der Waals surface area (Å²) in [5, 5.41) is 9.20. The molecule has 4 nitrogen and oxygen atoms in total. The van der Waals surface area contributed by atoms with E-state index in [4.69, 9.17) is 12.2 Å². The maximum atomic E-state index is 12.2. The van der Waals surface area contributed by atoms with E-state index in [1.165, 1.54) is 0 Å². The highest BCUT2D eigenvalue weighted by Crippen LogP contribution is 2.23. The molecule has 1 saturated heterocycles. The summed E-state index contributed by atoms with van der Waals surface area (Å²) >= 11 is 4.76. The Morgan fingerprint density at radius 1 is 1.47 bits per heavy atom. The van der Waals surface area contributed by atoms with Gasteiger partial charge >= 0.3 is 6.18 Å². The van der Waals surface area contributed by atoms with E-state index in [2.05, 4.69) is 15.5 Å². The molecule has 8 heteroatoms. The molecule has 1 aromatic rings. The Morgan fingerprint density at radius 2 is 2.13 bits per heavy atom. The molecule has 0 radical (unpaired) electrons. The van der Waals surface area contributed by atoms with Gasteiger partial charge in [-0.15, -0.1) is 0 Å². The third kappa shape index (κ3) is 2.20. The van der Waals surface area contributed by atoms with Crippen molar-refractivity contribution in [2.45, 2.75) is 18.6 Å². The fraction of sp³-hybridized carbons (Fsp3) is 0.714. The van der Waals surface area contributed by atoms with Crippen LogP contribution >= 0.6 is 12.2 Å². The van der Waals surface area contributed by atoms with Crippen molar-refractivity contribution in [1.29, 1.82) is 0 Å². The molecule has 0 saturated carbocycles. The van der Waals surface area contributed by atoms with Gasteiger partial charge in [0, 0.05) is 19.0 Å². The maximum Gasteiger partial charge on any atom is 0.406 e. The fourth-order valence-corrected chi connectivity index (χ4v) is 1.65. The van der Waals surface area contributed by atoms with Gasteiger partial charge in [0.2, 0.25) is 0 Å². The minimum atomic E-state index is -4.27. The average Bonchev–Trinajstić information content (AvgIpc) is 2.30. The number of rotatable bonds is 2. The van der Waals surface area contributed by atoms with E-state index in [9.17, 15) is 13.2 Å². The van der Waals surface area contributed by atoms with Gasteiger partial charge < -0.3 is 5.32 Å². The van der Waals surface area contributed by atoms with Crippen LogP contribution in [0, 0.1) is 4.77 Å². The summed E-state index contributed by atoms with van der Waals surface area (Å²) in [4.78, 5) is 0. The van der Waals surface area contributed by atoms with E-state index < -0.39 is 12.7 Å². The Labute approximate surface area is 88.5 Å². The number of alkyl halides is 3. The second-order valence-electron chi connectivity index (χ2n) is 3.44. The normalized spacial score (nSPS) is 17.8. The molecule has 0 amide bonds. The summed E-state index contributed by atoms with van der Waals surface area (Å²) in [7, 11) is 0. The Morgan fingerprint density at radius 3 is 2.60 bits per heavy atom. The Kier molecular flexibility index (Phi) is 2.55. The van der Waals surface area contributed by atoms with E-state index >= 15 is 0 Å². The van der Waals surface area contributed by atoms with Crippen molar-refractivity contribution in [2.24, 2.45) is 0 Å². The van der Waals surface area contributed by atoms with Crippen LogP contribution in [0.15, 0.2) is 0 Å². The minimum absolute atomic E-state index is 0.0224. The molecule has 0 aliphatic carbocycles. The van der Waals surface area contributed by atoms with E-state index in [-0.39, 0.29) is 10.7 Å². The summed E-state index contributed by atoms with van der Waals surface area (Å²) in [6, 6.07) is 0. The molecule has 1 aliphatic rings. The Balaban J connectivity index is 2.27. The maximum absolute atomic E-state index is 12.2. The molecule has 1 fully saturated rings. The molecule has 2 N–H and O–H groups in total. The van der Waals surface area contributed by atoms with Crippen LogP contribution < -0.4 is 5.32 Å². The molecule has 2 rings (SSSR count). The third-order valence-electron chi connectivity index (χ3n) is 2.27. The van der Waals surface area contributed by atoms with Gasteiger partial charge in [0.1, 0.15) is 12.4 Å². The van der Waals surface area contributed by atoms with Crippen molar-refractivity contribution in [3.05, 3.63) is 10.6 Å². The van der Waals surface area contributed by atoms with Crippen molar-refractivity contribution in [1.82, 2.24) is 20.1 Å². The molecule has 84 valence electrons. The summed E-state index contributed by atoms with van der Waals surface area (Å²) in [5.74, 6) is 0.413. The zero-order valence-corrected chi connectivity index (χ0v) is 8.45. The second kappa shape index (κ2) is 3.60. The summed E-state index contributed by atoms with van der Waals surface area (Å²) in [6.45, 7) is 0.225. The van der Waals surface area contributed by atoms with Crippen molar-refractivity contribution in [3.63, 3.8) is 0 Å². The Bertz CT molecular complexity index is 403. The number of aromatic nitrogens is 3. The van der Waals surface area contributed by atoms with Crippen molar-refractivity contribution >= 4 is 12.2 Å². The van der Waals surface area contributed by atoms with Crippen molar-refractivity contribution < 1.29 is 13.2 Å². The van der Waals surface area contributed by atoms with E-state index in [0.29, 0.717) is 18.9 Å². The standard InChI is InChI=1S/C7H9F3N4S/c8-7(9,10)3-14-5(4-1-11-2-4)12-13-6(14)15/h4,11H,1-3H2,(H,13,15). The zero-order valence-electron chi connectivity index (χ0n) is 7.64. The second-order valence-corrected chi connectivity index (χ2v) is 3.83. The van der Waals surface area contributed by atoms with Crippen LogP contribution in [0.1, 0.15) is 11.7 Å². The van der Waals surface area contributed by atoms with Crippen LogP contribution in [-0.2, 0) is 6.54 Å². The van der Waals surface area contributed by atoms with Crippen LogP contribution in [0.5, 0.6) is 0 Å². The zero-order chi connectivity index (χ0) is 11.1. The molecule has 0 unspecified atom stereocenters. The number of halogens is 3. The highest BCUT2D eigenvalue weighted by Gasteiger charge is 2.32. The minimum Gasteiger partial charge on any atom is -0.315 e. The van der Waals surface area contributed by atoms with Crippen LogP contribution in [0.4, 0.5) is 13.2 Å². The van der Waals surface area contributed by atoms with Gasteiger partial charge in [-0.2, -0.15) is 18.3 Å². The molecule has 0 spiro atoms. The number of aromatic amines is 1. The average molecular weight is 238 g/mol. The molecule has 0 aromatic carbocycles. The van der Waals surface area contributed by atoms with Crippen LogP contribution in [0.2, 0.25) is 0 Å². The number of hydrogen-bond acceptors (Lipinski definition) is 3. The van der Waals surface area contributed by atoms with Crippen LogP contribution in [0.3, 0.4) is 0 Å². The number of hydrogen-bond donors (Lipinski definition) is 2. The molecule has 0 bridgehead atoms. The molecule has 1 aromatic heterocycles. The first-order valence-electron chi connectivity index (χ1n) is 4.40. The van der Waals surface area contributed by atoms with Crippen LogP contribution in [-0.4, -0.2) is 34.0 Å². The highest BCUT2D eigenvalue weighted by molar-refractivity contribution is 7.71. The third-order valence-corrected chi connectivity index (χ3v) is 2.58. The van der Waals surface area contributed by atoms with Gasteiger partial charge in [-0.05, 0) is 12.2 Å². The van der Waals surface area contributed by atoms with Crippen LogP contribution in [0.25, 0.3) is 0 Å². The number of nitrogens with one attached hydrogen (secondary N) is 2. The van der Waals surface area contributed by atoms with Gasteiger partial charge in [0.05, 0.1) is 0 Å². The quantitative estimate of drug-likeness (QED) is 0.761. The lowest BCUT2D eigenvalue weighted by Gasteiger charge is -2.26. The first kappa shape index (κ1) is 10.6. The lowest BCUT2D eigenvalue weighted by molar-refractivity contribution is -0.141. The van der Waals surface area contributed by atoms with Gasteiger partial charge in [0.15, 0.2) is 4.77 Å². The van der Waals surface area contributed by atoms with Crippen molar-refractivity contribution in [2.75, 3.05) is 13.1 Å². The lowest BCUT2D eigenvalue weighted by Crippen LogP contribution is -2.41. The molecular formula is C7H9F3N4S. The monoisotopic (exact) mass is 238 g/mol. The molecule has 1 aliphatic heterocycles. The predicted molar refractivity (Wildman–Crippen MR) is 49.1 cm³/mol. The molecular weight excluding hydrogens is 229 g/mol. The van der Waals surface area contributed by atoms with Gasteiger partial charge in [-0.1, -0.05) is 0 Å². The summed E-state index contributed by atoms with van der Waals surface area (Å²) < 4.78 is 37.8. The number of H-pyrrole nitrogens is 1. The Hall–Kier alpha value is -0.890. The highest BCUT2D eigenvalue weighted by atomic mass is 32.1. The van der Waals surface area contributed by atoms with Gasteiger partial charge in [-0.3, -0.25) is 9.67 Å². The fourth-order valence-electron chi connectivity index (χ4n) is 1.44. The smallest absolute Gasteiger partial charge is 0.315 e. The number of nitrogens with zero attached hydrogens (tertiary/aromatic N) is 2. The summed E-state index contributed by atoms with van der Waals surface area (Å²) in [5.41, 5.74) is 0. The first-order chi connectivity index (χ1) is 6.97. The predicted octanol–water partition coefficient (Wildman–Crippen LogP) is 1.19. The van der Waals surface area contributed by atoms with E-state index in [1.807, 2.05) is 0 Å².